The summed E-state index contributed by atoms with van der Waals surface area (Å²) in [6.07, 6.45) is 1.33. The lowest BCUT2D eigenvalue weighted by Gasteiger charge is -2.09. The highest BCUT2D eigenvalue weighted by Crippen LogP contribution is 2.23. The van der Waals surface area contributed by atoms with Crippen molar-refractivity contribution in [3.63, 3.8) is 0 Å². The smallest absolute Gasteiger partial charge is 0.148 e. The highest BCUT2D eigenvalue weighted by atomic mass is 32.2. The van der Waals surface area contributed by atoms with Crippen molar-refractivity contribution in [1.29, 1.82) is 0 Å². The van der Waals surface area contributed by atoms with Crippen molar-refractivity contribution in [2.24, 2.45) is 5.92 Å². The van der Waals surface area contributed by atoms with Crippen molar-refractivity contribution in [3.8, 4) is 0 Å². The molecule has 1 unspecified atom stereocenters. The molecule has 2 rings (SSSR count). The fourth-order valence-corrected chi connectivity index (χ4v) is 2.77. The van der Waals surface area contributed by atoms with Crippen LogP contribution in [0.15, 0.2) is 12.1 Å². The molecule has 1 aromatic heterocycles. The van der Waals surface area contributed by atoms with Gasteiger partial charge in [0, 0.05) is 6.54 Å². The Balaban J connectivity index is 1.82. The molecule has 0 aliphatic carbocycles. The van der Waals surface area contributed by atoms with Crippen LogP contribution in [0.4, 0.5) is 5.82 Å². The van der Waals surface area contributed by atoms with E-state index in [-0.39, 0.29) is 0 Å². The summed E-state index contributed by atoms with van der Waals surface area (Å²) in [7, 11) is 0. The van der Waals surface area contributed by atoms with Gasteiger partial charge in [-0.25, -0.2) is 0 Å². The van der Waals surface area contributed by atoms with E-state index in [4.69, 9.17) is 0 Å². The molecule has 1 fully saturated rings. The lowest BCUT2D eigenvalue weighted by atomic mass is 10.1. The number of nitrogens with one attached hydrogen (secondary N) is 1. The zero-order valence-corrected chi connectivity index (χ0v) is 9.18. The third-order valence-corrected chi connectivity index (χ3v) is 3.63. The summed E-state index contributed by atoms with van der Waals surface area (Å²) in [4.78, 5) is 0. The van der Waals surface area contributed by atoms with Crippen LogP contribution in [0.1, 0.15) is 12.1 Å². The third kappa shape index (κ3) is 2.61. The van der Waals surface area contributed by atoms with E-state index in [1.807, 2.05) is 30.8 Å². The molecule has 1 aliphatic rings. The van der Waals surface area contributed by atoms with Gasteiger partial charge in [0.2, 0.25) is 0 Å². The normalized spacial score (nSPS) is 21.1. The third-order valence-electron chi connectivity index (χ3n) is 2.39. The van der Waals surface area contributed by atoms with Gasteiger partial charge in [0.15, 0.2) is 0 Å². The van der Waals surface area contributed by atoms with Crippen molar-refractivity contribution in [3.05, 3.63) is 17.8 Å². The van der Waals surface area contributed by atoms with Crippen molar-refractivity contribution in [2.45, 2.75) is 13.3 Å². The molecule has 4 heteroatoms. The average molecular weight is 209 g/mol. The van der Waals surface area contributed by atoms with Gasteiger partial charge < -0.3 is 5.32 Å². The largest absolute Gasteiger partial charge is 0.368 e. The molecule has 0 radical (unpaired) electrons. The predicted molar refractivity (Wildman–Crippen MR) is 60.7 cm³/mol. The van der Waals surface area contributed by atoms with Crippen molar-refractivity contribution in [1.82, 2.24) is 10.2 Å². The number of aromatic nitrogens is 2. The second-order valence-electron chi connectivity index (χ2n) is 3.67. The van der Waals surface area contributed by atoms with Gasteiger partial charge in [-0.1, -0.05) is 0 Å². The maximum Gasteiger partial charge on any atom is 0.148 e. The van der Waals surface area contributed by atoms with Crippen LogP contribution >= 0.6 is 11.8 Å². The first-order valence-corrected chi connectivity index (χ1v) is 6.12. The Hall–Kier alpha value is -0.770. The maximum absolute atomic E-state index is 4.07. The van der Waals surface area contributed by atoms with E-state index in [1.165, 1.54) is 17.9 Å². The topological polar surface area (TPSA) is 37.8 Å². The van der Waals surface area contributed by atoms with Crippen LogP contribution in [0.2, 0.25) is 0 Å². The second kappa shape index (κ2) is 4.64. The molecule has 1 N–H and O–H groups in total. The van der Waals surface area contributed by atoms with E-state index in [0.717, 1.165) is 24.0 Å². The molecular formula is C10H15N3S. The first-order chi connectivity index (χ1) is 6.84. The summed E-state index contributed by atoms with van der Waals surface area (Å²) < 4.78 is 0. The van der Waals surface area contributed by atoms with E-state index in [0.29, 0.717) is 0 Å². The molecule has 0 amide bonds. The summed E-state index contributed by atoms with van der Waals surface area (Å²) in [5.41, 5.74) is 0.965. The van der Waals surface area contributed by atoms with Gasteiger partial charge in [0.1, 0.15) is 5.82 Å². The summed E-state index contributed by atoms with van der Waals surface area (Å²) >= 11 is 2.04. The minimum Gasteiger partial charge on any atom is -0.368 e. The van der Waals surface area contributed by atoms with Crippen LogP contribution in [-0.4, -0.2) is 28.2 Å². The Morgan fingerprint density at radius 1 is 1.50 bits per heavy atom. The number of rotatable bonds is 3. The lowest BCUT2D eigenvalue weighted by Crippen LogP contribution is -2.14. The Morgan fingerprint density at radius 2 is 2.43 bits per heavy atom. The van der Waals surface area contributed by atoms with E-state index >= 15 is 0 Å². The highest BCUT2D eigenvalue weighted by Gasteiger charge is 2.14. The van der Waals surface area contributed by atoms with Crippen LogP contribution in [0.3, 0.4) is 0 Å². The van der Waals surface area contributed by atoms with Crippen LogP contribution in [0.25, 0.3) is 0 Å². The number of hydrogen-bond donors (Lipinski definition) is 1. The average Bonchev–Trinajstić information content (AvgIpc) is 2.70. The van der Waals surface area contributed by atoms with Crippen LogP contribution in [0, 0.1) is 12.8 Å². The molecule has 1 aliphatic heterocycles. The fourth-order valence-electron chi connectivity index (χ4n) is 1.49. The number of thioether (sulfide) groups is 1. The molecule has 1 saturated heterocycles. The molecule has 3 nitrogen and oxygen atoms in total. The number of aryl methyl sites for hydroxylation is 1. The molecule has 0 bridgehead atoms. The SMILES string of the molecule is Cc1ccc(NCC2CCSC2)nn1. The Morgan fingerprint density at radius 3 is 3.07 bits per heavy atom. The molecular weight excluding hydrogens is 194 g/mol. The Kier molecular flexibility index (Phi) is 3.24. The minimum absolute atomic E-state index is 0.808. The standard InChI is InChI=1S/C10H15N3S/c1-8-2-3-10(13-12-8)11-6-9-4-5-14-7-9/h2-3,9H,4-7H2,1H3,(H,11,13). The van der Waals surface area contributed by atoms with Gasteiger partial charge in [0.25, 0.3) is 0 Å². The molecule has 76 valence electrons. The van der Waals surface area contributed by atoms with Crippen molar-refractivity contribution in [2.75, 3.05) is 23.4 Å². The quantitative estimate of drug-likeness (QED) is 0.825. The Labute approximate surface area is 88.7 Å². The molecule has 0 saturated carbocycles. The summed E-state index contributed by atoms with van der Waals surface area (Å²) in [5, 5.41) is 11.4. The van der Waals surface area contributed by atoms with E-state index in [9.17, 15) is 0 Å². The monoisotopic (exact) mass is 209 g/mol. The van der Waals surface area contributed by atoms with Crippen LogP contribution < -0.4 is 5.32 Å². The molecule has 1 atom stereocenters. The molecule has 0 aromatic carbocycles. The van der Waals surface area contributed by atoms with Crippen LogP contribution in [0.5, 0.6) is 0 Å². The zero-order chi connectivity index (χ0) is 9.80. The second-order valence-corrected chi connectivity index (χ2v) is 4.82. The maximum atomic E-state index is 4.07. The first kappa shape index (κ1) is 9.77. The number of anilines is 1. The highest BCUT2D eigenvalue weighted by molar-refractivity contribution is 7.99. The first-order valence-electron chi connectivity index (χ1n) is 4.96. The molecule has 0 spiro atoms. The molecule has 14 heavy (non-hydrogen) atoms. The summed E-state index contributed by atoms with van der Waals surface area (Å²) in [6.45, 7) is 2.98. The minimum atomic E-state index is 0.808. The van der Waals surface area contributed by atoms with Crippen molar-refractivity contribution < 1.29 is 0 Å². The van der Waals surface area contributed by atoms with E-state index < -0.39 is 0 Å². The van der Waals surface area contributed by atoms with Crippen molar-refractivity contribution >= 4 is 17.6 Å². The predicted octanol–water partition coefficient (Wildman–Crippen LogP) is 1.95. The zero-order valence-electron chi connectivity index (χ0n) is 8.36. The summed E-state index contributed by atoms with van der Waals surface area (Å²) in [5.74, 6) is 4.30. The van der Waals surface area contributed by atoms with Gasteiger partial charge in [-0.3, -0.25) is 0 Å². The van der Waals surface area contributed by atoms with Gasteiger partial charge >= 0.3 is 0 Å². The summed E-state index contributed by atoms with van der Waals surface area (Å²) in [6, 6.07) is 3.98. The van der Waals surface area contributed by atoms with Gasteiger partial charge in [-0.15, -0.1) is 5.10 Å². The van der Waals surface area contributed by atoms with E-state index in [2.05, 4.69) is 15.5 Å². The number of nitrogens with zero attached hydrogens (tertiary/aromatic N) is 2. The van der Waals surface area contributed by atoms with Gasteiger partial charge in [-0.2, -0.15) is 16.9 Å². The molecule has 2 heterocycles. The van der Waals surface area contributed by atoms with Crippen LogP contribution in [-0.2, 0) is 0 Å². The van der Waals surface area contributed by atoms with E-state index in [1.54, 1.807) is 0 Å². The fraction of sp³-hybridized carbons (Fsp3) is 0.600. The van der Waals surface area contributed by atoms with Gasteiger partial charge in [-0.05, 0) is 42.9 Å². The lowest BCUT2D eigenvalue weighted by molar-refractivity contribution is 0.629. The molecule has 1 aromatic rings. The Bertz CT molecular complexity index is 280. The number of hydrogen-bond acceptors (Lipinski definition) is 4. The van der Waals surface area contributed by atoms with Gasteiger partial charge in [0.05, 0.1) is 5.69 Å².